The predicted octanol–water partition coefficient (Wildman–Crippen LogP) is 4.95. The third kappa shape index (κ3) is 5.82. The number of nitrogens with two attached hydrogens (primary N) is 1. The van der Waals surface area contributed by atoms with E-state index < -0.39 is 11.7 Å². The van der Waals surface area contributed by atoms with Gasteiger partial charge in [0.2, 0.25) is 5.91 Å². The minimum atomic E-state index is -4.69. The van der Waals surface area contributed by atoms with Crippen molar-refractivity contribution in [2.24, 2.45) is 0 Å². The Labute approximate surface area is 247 Å². The Morgan fingerprint density at radius 1 is 1.21 bits per heavy atom. The normalized spacial score (nSPS) is 19.9. The number of halogens is 4. The average molecular weight is 604 g/mol. The number of carbonyl (C=O) groups excluding carboxylic acids is 1. The van der Waals surface area contributed by atoms with Gasteiger partial charge in [-0.05, 0) is 70.1 Å². The minimum Gasteiger partial charge on any atom is -0.462 e. The molecule has 224 valence electrons. The summed E-state index contributed by atoms with van der Waals surface area (Å²) in [5.41, 5.74) is 4.93. The van der Waals surface area contributed by atoms with Crippen LogP contribution in [0, 0.1) is 6.92 Å². The molecule has 42 heavy (non-hydrogen) atoms. The fourth-order valence-corrected chi connectivity index (χ4v) is 6.04. The van der Waals surface area contributed by atoms with Gasteiger partial charge in [0.15, 0.2) is 0 Å². The largest absolute Gasteiger partial charge is 0.462 e. The zero-order valence-corrected chi connectivity index (χ0v) is 24.5. The molecule has 2 aliphatic heterocycles. The second-order valence-corrected chi connectivity index (χ2v) is 11.3. The third-order valence-corrected chi connectivity index (χ3v) is 8.29. The van der Waals surface area contributed by atoms with Crippen LogP contribution in [0.15, 0.2) is 30.9 Å². The molecule has 1 aromatic carbocycles. The number of amides is 1. The van der Waals surface area contributed by atoms with Gasteiger partial charge in [0.05, 0.1) is 21.8 Å². The number of pyridine rings is 1. The van der Waals surface area contributed by atoms with Gasteiger partial charge in [-0.25, -0.2) is 4.98 Å². The fraction of sp³-hybridized carbons (Fsp3) is 0.448. The molecule has 2 aliphatic rings. The maximum atomic E-state index is 14.2. The maximum absolute atomic E-state index is 14.2. The molecule has 9 nitrogen and oxygen atoms in total. The van der Waals surface area contributed by atoms with E-state index in [2.05, 4.69) is 21.4 Å². The van der Waals surface area contributed by atoms with E-state index in [1.165, 1.54) is 25.1 Å². The molecule has 5 rings (SSSR count). The van der Waals surface area contributed by atoms with Gasteiger partial charge in [0.25, 0.3) is 0 Å². The SMILES string of the molecule is C=CC(=O)N1CCN(c2nc(OCC3CCCN3C)nc3cc(-c4nc(N)cc(C)c4C(F)(F)F)c(Cl)cc23)C(C)C1. The number of ether oxygens (including phenoxy) is 1. The Morgan fingerprint density at radius 2 is 1.98 bits per heavy atom. The van der Waals surface area contributed by atoms with Crippen LogP contribution in [0.2, 0.25) is 5.02 Å². The summed E-state index contributed by atoms with van der Waals surface area (Å²) in [7, 11) is 2.03. The zero-order chi connectivity index (χ0) is 30.3. The quantitative estimate of drug-likeness (QED) is 0.395. The van der Waals surface area contributed by atoms with E-state index in [4.69, 9.17) is 27.1 Å². The second kappa shape index (κ2) is 11.6. The van der Waals surface area contributed by atoms with Gasteiger partial charge in [-0.1, -0.05) is 18.2 Å². The lowest BCUT2D eigenvalue weighted by molar-refractivity contribution is -0.137. The number of anilines is 2. The highest BCUT2D eigenvalue weighted by molar-refractivity contribution is 6.34. The number of nitrogens with zero attached hydrogens (tertiary/aromatic N) is 6. The number of aromatic nitrogens is 3. The van der Waals surface area contributed by atoms with E-state index in [1.807, 2.05) is 18.9 Å². The van der Waals surface area contributed by atoms with Crippen molar-refractivity contribution < 1.29 is 22.7 Å². The lowest BCUT2D eigenvalue weighted by Crippen LogP contribution is -2.53. The number of rotatable bonds is 6. The highest BCUT2D eigenvalue weighted by atomic mass is 35.5. The van der Waals surface area contributed by atoms with Crippen molar-refractivity contribution >= 4 is 40.0 Å². The highest BCUT2D eigenvalue weighted by Gasteiger charge is 2.37. The molecule has 0 bridgehead atoms. The average Bonchev–Trinajstić information content (AvgIpc) is 3.34. The fourth-order valence-electron chi connectivity index (χ4n) is 5.79. The second-order valence-electron chi connectivity index (χ2n) is 10.9. The third-order valence-electron chi connectivity index (χ3n) is 7.98. The van der Waals surface area contributed by atoms with Crippen LogP contribution < -0.4 is 15.4 Å². The predicted molar refractivity (Wildman–Crippen MR) is 157 cm³/mol. The van der Waals surface area contributed by atoms with Crippen molar-refractivity contribution in [2.45, 2.75) is 44.9 Å². The van der Waals surface area contributed by atoms with Gasteiger partial charge in [-0.3, -0.25) is 4.79 Å². The number of benzene rings is 1. The number of fused-ring (bicyclic) bond motifs is 1. The molecule has 2 atom stereocenters. The number of likely N-dealkylation sites (N-methyl/N-ethyl adjacent to an activating group) is 1. The van der Waals surface area contributed by atoms with Crippen LogP contribution in [0.4, 0.5) is 24.8 Å². The lowest BCUT2D eigenvalue weighted by Gasteiger charge is -2.40. The van der Waals surface area contributed by atoms with Crippen molar-refractivity contribution in [3.05, 3.63) is 47.0 Å². The van der Waals surface area contributed by atoms with Gasteiger partial charge in [0.1, 0.15) is 18.2 Å². The molecule has 2 saturated heterocycles. The summed E-state index contributed by atoms with van der Waals surface area (Å²) in [5.74, 6) is 0.312. The van der Waals surface area contributed by atoms with E-state index in [0.717, 1.165) is 19.4 Å². The molecule has 0 spiro atoms. The number of piperazine rings is 1. The molecule has 1 amide bonds. The van der Waals surface area contributed by atoms with Crippen molar-refractivity contribution in [2.75, 3.05) is 50.5 Å². The summed E-state index contributed by atoms with van der Waals surface area (Å²) in [6.07, 6.45) is -1.35. The first kappa shape index (κ1) is 29.8. The molecule has 13 heteroatoms. The Hall–Kier alpha value is -3.64. The number of likely N-dealkylation sites (tertiary alicyclic amines) is 1. The molecule has 2 aromatic heterocycles. The number of aryl methyl sites for hydroxylation is 1. The van der Waals surface area contributed by atoms with Crippen LogP contribution in [-0.4, -0.2) is 82.6 Å². The lowest BCUT2D eigenvalue weighted by atomic mass is 9.99. The van der Waals surface area contributed by atoms with Crippen LogP contribution in [0.5, 0.6) is 6.01 Å². The van der Waals surface area contributed by atoms with Crippen LogP contribution in [0.25, 0.3) is 22.2 Å². The number of hydrogen-bond acceptors (Lipinski definition) is 8. The van der Waals surface area contributed by atoms with E-state index in [1.54, 1.807) is 11.0 Å². The van der Waals surface area contributed by atoms with Crippen LogP contribution >= 0.6 is 11.6 Å². The molecular weight excluding hydrogens is 571 g/mol. The summed E-state index contributed by atoms with van der Waals surface area (Å²) >= 11 is 6.68. The van der Waals surface area contributed by atoms with Crippen LogP contribution in [0.3, 0.4) is 0 Å². The summed E-state index contributed by atoms with van der Waals surface area (Å²) in [6.45, 7) is 9.57. The van der Waals surface area contributed by atoms with Gasteiger partial charge in [-0.2, -0.15) is 23.1 Å². The molecule has 2 N–H and O–H groups in total. The summed E-state index contributed by atoms with van der Waals surface area (Å²) in [6, 6.07) is 4.40. The van der Waals surface area contributed by atoms with Crippen molar-refractivity contribution in [3.8, 4) is 17.3 Å². The Bertz CT molecular complexity index is 1530. The Kier molecular flexibility index (Phi) is 8.21. The number of hydrogen-bond donors (Lipinski definition) is 1. The smallest absolute Gasteiger partial charge is 0.418 e. The molecule has 0 radical (unpaired) electrons. The van der Waals surface area contributed by atoms with E-state index in [0.29, 0.717) is 43.0 Å². The standard InChI is InChI=1S/C29H33ClF3N7O2/c1-5-24(41)39-9-10-40(17(3)14-39)27-20-12-21(30)19(26-25(29(31,32)33)16(2)11-23(34)36-26)13-22(20)35-28(37-27)42-15-18-7-6-8-38(18)4/h5,11-13,17-18H,1,6-10,14-15H2,2-4H3,(H2,34,36). The molecule has 2 fully saturated rings. The molecular formula is C29H33ClF3N7O2. The monoisotopic (exact) mass is 603 g/mol. The van der Waals surface area contributed by atoms with Crippen molar-refractivity contribution in [1.29, 1.82) is 0 Å². The van der Waals surface area contributed by atoms with Gasteiger partial charge >= 0.3 is 12.2 Å². The first-order chi connectivity index (χ1) is 19.9. The summed E-state index contributed by atoms with van der Waals surface area (Å²) in [4.78, 5) is 31.6. The van der Waals surface area contributed by atoms with Crippen molar-refractivity contribution in [1.82, 2.24) is 24.8 Å². The number of alkyl halides is 3. The first-order valence-corrected chi connectivity index (χ1v) is 14.1. The topological polar surface area (TPSA) is 101 Å². The van der Waals surface area contributed by atoms with E-state index in [9.17, 15) is 18.0 Å². The van der Waals surface area contributed by atoms with Crippen LogP contribution in [-0.2, 0) is 11.0 Å². The number of nitrogen functional groups attached to an aromatic ring is 1. The van der Waals surface area contributed by atoms with E-state index in [-0.39, 0.29) is 51.7 Å². The molecule has 0 saturated carbocycles. The van der Waals surface area contributed by atoms with Crippen LogP contribution in [0.1, 0.15) is 30.9 Å². The van der Waals surface area contributed by atoms with Gasteiger partial charge in [0, 0.05) is 42.7 Å². The van der Waals surface area contributed by atoms with Gasteiger partial charge in [-0.15, -0.1) is 0 Å². The Morgan fingerprint density at radius 3 is 2.62 bits per heavy atom. The number of carbonyl (C=O) groups is 1. The minimum absolute atomic E-state index is 0.0460. The van der Waals surface area contributed by atoms with Crippen molar-refractivity contribution in [3.63, 3.8) is 0 Å². The Balaban J connectivity index is 1.63. The zero-order valence-electron chi connectivity index (χ0n) is 23.7. The molecule has 4 heterocycles. The summed E-state index contributed by atoms with van der Waals surface area (Å²) < 4.78 is 48.6. The molecule has 3 aromatic rings. The molecule has 0 aliphatic carbocycles. The van der Waals surface area contributed by atoms with Gasteiger partial charge < -0.3 is 25.2 Å². The highest BCUT2D eigenvalue weighted by Crippen LogP contribution is 2.43. The maximum Gasteiger partial charge on any atom is 0.418 e. The summed E-state index contributed by atoms with van der Waals surface area (Å²) in [5, 5.41) is 0.586. The first-order valence-electron chi connectivity index (χ1n) is 13.7. The van der Waals surface area contributed by atoms with E-state index >= 15 is 0 Å². The molecule has 2 unspecified atom stereocenters.